The van der Waals surface area contributed by atoms with Gasteiger partial charge in [-0.1, -0.05) is 11.6 Å². The molecule has 0 aliphatic heterocycles. The lowest BCUT2D eigenvalue weighted by atomic mass is 10.1. The molecule has 3 N–H and O–H groups in total. The van der Waals surface area contributed by atoms with Crippen LogP contribution < -0.4 is 11.1 Å². The van der Waals surface area contributed by atoms with Crippen molar-refractivity contribution in [3.63, 3.8) is 0 Å². The molecule has 1 rings (SSSR count). The fourth-order valence-corrected chi connectivity index (χ4v) is 1.49. The van der Waals surface area contributed by atoms with E-state index in [1.165, 1.54) is 12.1 Å². The molecule has 0 unspecified atom stereocenters. The number of rotatable bonds is 3. The highest BCUT2D eigenvalue weighted by Crippen LogP contribution is 2.24. The largest absolute Gasteiger partial charge is 0.444 e. The first-order valence-electron chi connectivity index (χ1n) is 5.76. The van der Waals surface area contributed by atoms with Crippen molar-refractivity contribution < 1.29 is 14.3 Å². The van der Waals surface area contributed by atoms with E-state index in [0.29, 0.717) is 16.3 Å². The maximum Gasteiger partial charge on any atom is 0.412 e. The molecule has 1 amide bonds. The number of anilines is 1. The van der Waals surface area contributed by atoms with Crippen molar-refractivity contribution in [2.24, 2.45) is 5.73 Å². The van der Waals surface area contributed by atoms with Crippen LogP contribution in [0.5, 0.6) is 0 Å². The van der Waals surface area contributed by atoms with E-state index < -0.39 is 11.7 Å². The number of nitrogens with two attached hydrogens (primary N) is 1. The summed E-state index contributed by atoms with van der Waals surface area (Å²) in [6.07, 6.45) is -0.633. The Morgan fingerprint density at radius 3 is 2.53 bits per heavy atom. The molecule has 0 aliphatic rings. The zero-order valence-electron chi connectivity index (χ0n) is 11.1. The van der Waals surface area contributed by atoms with E-state index in [1.807, 2.05) is 0 Å². The maximum absolute atomic E-state index is 11.6. The molecule has 0 saturated heterocycles. The van der Waals surface area contributed by atoms with E-state index in [0.717, 1.165) is 0 Å². The third kappa shape index (κ3) is 4.89. The Morgan fingerprint density at radius 2 is 2.00 bits per heavy atom. The first-order chi connectivity index (χ1) is 8.73. The molecule has 1 aromatic rings. The minimum absolute atomic E-state index is 0.104. The number of hydrogen-bond acceptors (Lipinski definition) is 4. The lowest BCUT2D eigenvalue weighted by Gasteiger charge is -2.20. The summed E-state index contributed by atoms with van der Waals surface area (Å²) in [5, 5.41) is 2.82. The molecule has 19 heavy (non-hydrogen) atoms. The molecule has 0 radical (unpaired) electrons. The van der Waals surface area contributed by atoms with Crippen LogP contribution in [0.15, 0.2) is 18.2 Å². The molecule has 0 heterocycles. The Kier molecular flexibility index (Phi) is 4.91. The maximum atomic E-state index is 11.6. The topological polar surface area (TPSA) is 81.4 Å². The first kappa shape index (κ1) is 15.5. The summed E-state index contributed by atoms with van der Waals surface area (Å²) in [7, 11) is 0. The summed E-state index contributed by atoms with van der Waals surface area (Å²) in [5.41, 5.74) is 5.37. The number of Topliss-reactive ketones (excluding diaryl/α,β-unsaturated/α-hetero) is 1. The number of benzene rings is 1. The highest BCUT2D eigenvalue weighted by molar-refractivity contribution is 6.33. The van der Waals surface area contributed by atoms with Crippen LogP contribution in [0.2, 0.25) is 5.02 Å². The van der Waals surface area contributed by atoms with Gasteiger partial charge in [-0.15, -0.1) is 0 Å². The Morgan fingerprint density at radius 1 is 1.37 bits per heavy atom. The fraction of sp³-hybridized carbons (Fsp3) is 0.385. The minimum atomic E-state index is -0.633. The number of ketones is 1. The lowest BCUT2D eigenvalue weighted by molar-refractivity contribution is 0.0635. The van der Waals surface area contributed by atoms with Crippen LogP contribution >= 0.6 is 11.6 Å². The minimum Gasteiger partial charge on any atom is -0.444 e. The SMILES string of the molecule is CC(C)(C)OC(=O)Nc1cc(C(=O)CN)ccc1Cl. The molecule has 104 valence electrons. The van der Waals surface area contributed by atoms with Gasteiger partial charge in [-0.3, -0.25) is 10.1 Å². The van der Waals surface area contributed by atoms with Crippen LogP contribution in [0.25, 0.3) is 0 Å². The Bertz CT molecular complexity index is 495. The lowest BCUT2D eigenvalue weighted by Crippen LogP contribution is -2.27. The average molecular weight is 285 g/mol. The van der Waals surface area contributed by atoms with Crippen molar-refractivity contribution in [1.29, 1.82) is 0 Å². The third-order valence-electron chi connectivity index (χ3n) is 2.11. The molecule has 5 nitrogen and oxygen atoms in total. The van der Waals surface area contributed by atoms with Gasteiger partial charge in [0.25, 0.3) is 0 Å². The molecular formula is C13H17ClN2O3. The van der Waals surface area contributed by atoms with Gasteiger partial charge in [-0.05, 0) is 39.0 Å². The van der Waals surface area contributed by atoms with Crippen LogP contribution in [-0.2, 0) is 4.74 Å². The molecule has 6 heteroatoms. The summed E-state index contributed by atoms with van der Waals surface area (Å²) in [5.74, 6) is -0.232. The van der Waals surface area contributed by atoms with E-state index in [1.54, 1.807) is 26.8 Å². The van der Waals surface area contributed by atoms with Crippen LogP contribution in [0.4, 0.5) is 10.5 Å². The summed E-state index contributed by atoms with van der Waals surface area (Å²) in [6.45, 7) is 5.15. The zero-order valence-corrected chi connectivity index (χ0v) is 11.9. The number of hydrogen-bond donors (Lipinski definition) is 2. The van der Waals surface area contributed by atoms with E-state index in [2.05, 4.69) is 5.32 Å². The van der Waals surface area contributed by atoms with Gasteiger partial charge in [0.2, 0.25) is 0 Å². The van der Waals surface area contributed by atoms with E-state index >= 15 is 0 Å². The van der Waals surface area contributed by atoms with Crippen LogP contribution in [-0.4, -0.2) is 24.0 Å². The summed E-state index contributed by atoms with van der Waals surface area (Å²) in [4.78, 5) is 23.1. The second-order valence-electron chi connectivity index (χ2n) is 4.95. The number of amides is 1. The second-order valence-corrected chi connectivity index (χ2v) is 5.36. The van der Waals surface area contributed by atoms with Gasteiger partial charge < -0.3 is 10.5 Å². The van der Waals surface area contributed by atoms with Crippen LogP contribution in [0.3, 0.4) is 0 Å². The van der Waals surface area contributed by atoms with Gasteiger partial charge in [0, 0.05) is 5.56 Å². The summed E-state index contributed by atoms with van der Waals surface area (Å²) < 4.78 is 5.11. The molecular weight excluding hydrogens is 268 g/mol. The van der Waals surface area contributed by atoms with Crippen LogP contribution in [0, 0.1) is 0 Å². The van der Waals surface area contributed by atoms with E-state index in [-0.39, 0.29) is 12.3 Å². The first-order valence-corrected chi connectivity index (χ1v) is 6.13. The number of carbonyl (C=O) groups excluding carboxylic acids is 2. The molecule has 0 spiro atoms. The molecule has 0 fully saturated rings. The standard InChI is InChI=1S/C13H17ClN2O3/c1-13(2,3)19-12(18)16-10-6-8(11(17)7-15)4-5-9(10)14/h4-6H,7,15H2,1-3H3,(H,16,18). The molecule has 0 aliphatic carbocycles. The van der Waals surface area contributed by atoms with Gasteiger partial charge in [-0.2, -0.15) is 0 Å². The van der Waals surface area contributed by atoms with Crippen molar-refractivity contribution in [1.82, 2.24) is 0 Å². The van der Waals surface area contributed by atoms with Crippen molar-refractivity contribution in [3.05, 3.63) is 28.8 Å². The number of nitrogens with one attached hydrogen (secondary N) is 1. The third-order valence-corrected chi connectivity index (χ3v) is 2.44. The average Bonchev–Trinajstić information content (AvgIpc) is 2.28. The smallest absolute Gasteiger partial charge is 0.412 e. The van der Waals surface area contributed by atoms with Crippen molar-refractivity contribution in [3.8, 4) is 0 Å². The van der Waals surface area contributed by atoms with Crippen molar-refractivity contribution >= 4 is 29.2 Å². The van der Waals surface area contributed by atoms with Crippen molar-refractivity contribution in [2.75, 3.05) is 11.9 Å². The van der Waals surface area contributed by atoms with Gasteiger partial charge >= 0.3 is 6.09 Å². The summed E-state index contributed by atoms with van der Waals surface area (Å²) >= 11 is 5.95. The normalized spacial score (nSPS) is 11.0. The fourth-order valence-electron chi connectivity index (χ4n) is 1.33. The predicted molar refractivity (Wildman–Crippen MR) is 74.7 cm³/mol. The Labute approximate surface area is 117 Å². The van der Waals surface area contributed by atoms with Gasteiger partial charge in [0.1, 0.15) is 5.60 Å². The van der Waals surface area contributed by atoms with E-state index in [9.17, 15) is 9.59 Å². The van der Waals surface area contributed by atoms with E-state index in [4.69, 9.17) is 22.1 Å². The monoisotopic (exact) mass is 284 g/mol. The zero-order chi connectivity index (χ0) is 14.6. The number of halogens is 1. The van der Waals surface area contributed by atoms with Gasteiger partial charge in [0.05, 0.1) is 17.3 Å². The molecule has 0 saturated carbocycles. The molecule has 0 bridgehead atoms. The number of ether oxygens (including phenoxy) is 1. The van der Waals surface area contributed by atoms with Gasteiger partial charge in [0.15, 0.2) is 5.78 Å². The van der Waals surface area contributed by atoms with Crippen molar-refractivity contribution in [2.45, 2.75) is 26.4 Å². The highest BCUT2D eigenvalue weighted by atomic mass is 35.5. The molecule has 0 atom stereocenters. The quantitative estimate of drug-likeness (QED) is 0.836. The Hall–Kier alpha value is -1.59. The molecule has 1 aromatic carbocycles. The molecule has 0 aromatic heterocycles. The second kappa shape index (κ2) is 6.04. The van der Waals surface area contributed by atoms with Gasteiger partial charge in [-0.25, -0.2) is 4.79 Å². The number of carbonyl (C=O) groups is 2. The van der Waals surface area contributed by atoms with Crippen LogP contribution in [0.1, 0.15) is 31.1 Å². The summed E-state index contributed by atoms with van der Waals surface area (Å²) in [6, 6.07) is 4.55. The predicted octanol–water partition coefficient (Wildman–Crippen LogP) is 2.83. The Balaban J connectivity index is 2.88. The highest BCUT2D eigenvalue weighted by Gasteiger charge is 2.17.